The van der Waals surface area contributed by atoms with Crippen molar-refractivity contribution in [3.8, 4) is 0 Å². The van der Waals surface area contributed by atoms with Gasteiger partial charge in [-0.05, 0) is 116 Å². The van der Waals surface area contributed by atoms with Gasteiger partial charge >= 0.3 is 12.1 Å². The van der Waals surface area contributed by atoms with Crippen LogP contribution in [-0.4, -0.2) is 56.4 Å². The van der Waals surface area contributed by atoms with Crippen molar-refractivity contribution in [2.75, 3.05) is 38.3 Å². The van der Waals surface area contributed by atoms with E-state index in [1.54, 1.807) is 0 Å². The minimum Gasteiger partial charge on any atom is -0.465 e. The highest BCUT2D eigenvalue weighted by Crippen LogP contribution is 2.51. The molecule has 186 valence electrons. The number of halogens is 1. The Bertz CT molecular complexity index is 929. The van der Waals surface area contributed by atoms with Crippen LogP contribution in [0.2, 0.25) is 0 Å². The summed E-state index contributed by atoms with van der Waals surface area (Å²) >= 11 is 2.37. The Hall–Kier alpha value is -1.35. The van der Waals surface area contributed by atoms with Crippen molar-refractivity contribution in [2.24, 2.45) is 23.7 Å². The van der Waals surface area contributed by atoms with Gasteiger partial charge in [0.15, 0.2) is 0 Å². The number of hydrogen-bond acceptors (Lipinski definition) is 5. The molecule has 2 bridgehead atoms. The number of methoxy groups -OCH3 is 1. The fourth-order valence-corrected chi connectivity index (χ4v) is 7.67. The highest BCUT2D eigenvalue weighted by atomic mass is 127. The highest BCUT2D eigenvalue weighted by molar-refractivity contribution is 14.1. The first-order chi connectivity index (χ1) is 16.3. The highest BCUT2D eigenvalue weighted by Gasteiger charge is 2.51. The minimum absolute atomic E-state index is 0.0119. The molecule has 2 aliphatic carbocycles. The number of rotatable bonds is 4. The van der Waals surface area contributed by atoms with Crippen molar-refractivity contribution in [1.82, 2.24) is 4.90 Å². The molecule has 2 heterocycles. The van der Waals surface area contributed by atoms with Crippen LogP contribution in [0.3, 0.4) is 0 Å². The molecule has 5 rings (SSSR count). The van der Waals surface area contributed by atoms with Crippen LogP contribution in [0, 0.1) is 27.2 Å². The summed E-state index contributed by atoms with van der Waals surface area (Å²) < 4.78 is 12.0. The van der Waals surface area contributed by atoms with E-state index >= 15 is 0 Å². The SMILES string of the molecule is COC(=O)N1CC2(CCN(C3CC4CCC(C3)C4C(=O)OCC(C)C)CC2)c2cc(I)ccc21. The Kier molecular flexibility index (Phi) is 6.88. The first-order valence-electron chi connectivity index (χ1n) is 12.9. The monoisotopic (exact) mass is 580 g/mol. The zero-order valence-electron chi connectivity index (χ0n) is 20.6. The first-order valence-corrected chi connectivity index (χ1v) is 14.0. The Morgan fingerprint density at radius 2 is 1.82 bits per heavy atom. The number of carbonyl (C=O) groups excluding carboxylic acids is 2. The van der Waals surface area contributed by atoms with Gasteiger partial charge < -0.3 is 14.4 Å². The summed E-state index contributed by atoms with van der Waals surface area (Å²) in [5.41, 5.74) is 2.33. The number of anilines is 1. The normalized spacial score (nSPS) is 30.0. The Morgan fingerprint density at radius 3 is 2.44 bits per heavy atom. The van der Waals surface area contributed by atoms with Crippen LogP contribution in [0.15, 0.2) is 18.2 Å². The Labute approximate surface area is 216 Å². The van der Waals surface area contributed by atoms with Crippen LogP contribution in [0.1, 0.15) is 57.9 Å². The second-order valence-electron chi connectivity index (χ2n) is 11.3. The third-order valence-electron chi connectivity index (χ3n) is 8.85. The molecule has 1 aromatic rings. The van der Waals surface area contributed by atoms with E-state index in [4.69, 9.17) is 9.47 Å². The van der Waals surface area contributed by atoms with Crippen LogP contribution in [0.25, 0.3) is 0 Å². The second-order valence-corrected chi connectivity index (χ2v) is 12.6. The van der Waals surface area contributed by atoms with Gasteiger partial charge in [-0.3, -0.25) is 9.69 Å². The van der Waals surface area contributed by atoms with Crippen LogP contribution in [0.4, 0.5) is 10.5 Å². The summed E-state index contributed by atoms with van der Waals surface area (Å²) in [5, 5.41) is 0. The maximum absolute atomic E-state index is 12.8. The van der Waals surface area contributed by atoms with Gasteiger partial charge in [0.25, 0.3) is 0 Å². The van der Waals surface area contributed by atoms with E-state index in [1.165, 1.54) is 29.1 Å². The molecule has 1 amide bonds. The van der Waals surface area contributed by atoms with E-state index in [9.17, 15) is 9.59 Å². The number of amides is 1. The maximum Gasteiger partial charge on any atom is 0.414 e. The summed E-state index contributed by atoms with van der Waals surface area (Å²) in [7, 11) is 1.46. The van der Waals surface area contributed by atoms with Crippen molar-refractivity contribution >= 4 is 40.3 Å². The van der Waals surface area contributed by atoms with Crippen LogP contribution in [-0.2, 0) is 19.7 Å². The molecule has 1 aromatic carbocycles. The lowest BCUT2D eigenvalue weighted by atomic mass is 9.72. The molecule has 0 aromatic heterocycles. The molecule has 1 spiro atoms. The fraction of sp³-hybridized carbons (Fsp3) is 0.704. The molecule has 2 aliphatic heterocycles. The Morgan fingerprint density at radius 1 is 1.15 bits per heavy atom. The predicted octanol–water partition coefficient (Wildman–Crippen LogP) is 5.22. The third-order valence-corrected chi connectivity index (χ3v) is 9.52. The quantitative estimate of drug-likeness (QED) is 0.362. The van der Waals surface area contributed by atoms with Crippen molar-refractivity contribution in [3.63, 3.8) is 0 Å². The molecular weight excluding hydrogens is 543 g/mol. The van der Waals surface area contributed by atoms with Crippen molar-refractivity contribution < 1.29 is 19.1 Å². The molecule has 2 atom stereocenters. The van der Waals surface area contributed by atoms with E-state index in [2.05, 4.69) is 59.5 Å². The molecule has 6 nitrogen and oxygen atoms in total. The van der Waals surface area contributed by atoms with Crippen molar-refractivity contribution in [2.45, 2.75) is 63.8 Å². The molecule has 3 fully saturated rings. The van der Waals surface area contributed by atoms with Crippen molar-refractivity contribution in [3.05, 3.63) is 27.3 Å². The minimum atomic E-state index is -0.263. The van der Waals surface area contributed by atoms with E-state index in [-0.39, 0.29) is 23.4 Å². The molecule has 0 N–H and O–H groups in total. The molecule has 34 heavy (non-hydrogen) atoms. The van der Waals surface area contributed by atoms with Gasteiger partial charge in [-0.25, -0.2) is 4.79 Å². The molecule has 7 heteroatoms. The lowest BCUT2D eigenvalue weighted by Crippen LogP contribution is -2.51. The van der Waals surface area contributed by atoms with Crippen LogP contribution in [0.5, 0.6) is 0 Å². The largest absolute Gasteiger partial charge is 0.465 e. The molecule has 2 unspecified atom stereocenters. The fourth-order valence-electron chi connectivity index (χ4n) is 7.18. The standard InChI is InChI=1S/C27H37IN2O4/c1-17(2)15-34-25(31)24-18-4-5-19(24)13-21(12-18)29-10-8-27(9-11-29)16-30(26(32)33-3)23-7-6-20(28)14-22(23)27/h6-7,14,17-19,21,24H,4-5,8-13,15-16H2,1-3H3. The zero-order chi connectivity index (χ0) is 24.0. The molecule has 2 saturated carbocycles. The number of nitrogens with zero attached hydrogens (tertiary/aromatic N) is 2. The zero-order valence-corrected chi connectivity index (χ0v) is 22.8. The summed E-state index contributed by atoms with van der Waals surface area (Å²) in [6.07, 6.45) is 6.42. The third kappa shape index (κ3) is 4.36. The molecule has 0 radical (unpaired) electrons. The number of hydrogen-bond donors (Lipinski definition) is 0. The van der Waals surface area contributed by atoms with Gasteiger partial charge in [-0.1, -0.05) is 13.8 Å². The molecule has 1 saturated heterocycles. The predicted molar refractivity (Wildman–Crippen MR) is 140 cm³/mol. The van der Waals surface area contributed by atoms with Crippen LogP contribution >= 0.6 is 22.6 Å². The van der Waals surface area contributed by atoms with Gasteiger partial charge in [0.2, 0.25) is 0 Å². The van der Waals surface area contributed by atoms with Crippen molar-refractivity contribution in [1.29, 1.82) is 0 Å². The lowest BCUT2D eigenvalue weighted by molar-refractivity contribution is -0.154. The Balaban J connectivity index is 1.25. The average molecular weight is 581 g/mol. The average Bonchev–Trinajstić information content (AvgIpc) is 3.28. The second kappa shape index (κ2) is 9.60. The van der Waals surface area contributed by atoms with Gasteiger partial charge in [0.05, 0.1) is 25.3 Å². The van der Waals surface area contributed by atoms with Gasteiger partial charge in [-0.15, -0.1) is 0 Å². The number of likely N-dealkylation sites (tertiary alicyclic amines) is 1. The van der Waals surface area contributed by atoms with E-state index in [0.29, 0.717) is 36.9 Å². The maximum atomic E-state index is 12.8. The number of carbonyl (C=O) groups is 2. The van der Waals surface area contributed by atoms with E-state index < -0.39 is 0 Å². The number of ether oxygens (including phenoxy) is 2. The van der Waals surface area contributed by atoms with Gasteiger partial charge in [0.1, 0.15) is 0 Å². The van der Waals surface area contributed by atoms with Gasteiger partial charge in [-0.2, -0.15) is 0 Å². The number of esters is 1. The number of fused-ring (bicyclic) bond motifs is 4. The summed E-state index contributed by atoms with van der Waals surface area (Å²) in [6, 6.07) is 6.98. The molecule has 4 aliphatic rings. The first kappa shape index (κ1) is 24.3. The van der Waals surface area contributed by atoms with Crippen LogP contribution < -0.4 is 4.90 Å². The summed E-state index contributed by atoms with van der Waals surface area (Å²) in [6.45, 7) is 7.53. The lowest BCUT2D eigenvalue weighted by Gasteiger charge is -2.46. The van der Waals surface area contributed by atoms with E-state index in [1.807, 2.05) is 4.90 Å². The van der Waals surface area contributed by atoms with Gasteiger partial charge in [0, 0.05) is 21.6 Å². The number of benzene rings is 1. The summed E-state index contributed by atoms with van der Waals surface area (Å²) in [5.74, 6) is 1.50. The topological polar surface area (TPSA) is 59.1 Å². The van der Waals surface area contributed by atoms with E-state index in [0.717, 1.165) is 44.5 Å². The smallest absolute Gasteiger partial charge is 0.414 e. The summed E-state index contributed by atoms with van der Waals surface area (Å²) in [4.78, 5) is 29.8. The molecular formula is C27H37IN2O4. The number of piperidine rings is 1.